The Hall–Kier alpha value is -0.740. The molecule has 0 atom stereocenters. The monoisotopic (exact) mass is 206 g/mol. The first kappa shape index (κ1) is 9.35. The molecule has 12 heavy (non-hydrogen) atoms. The van der Waals surface area contributed by atoms with Gasteiger partial charge < -0.3 is 5.11 Å². The van der Waals surface area contributed by atoms with E-state index in [1.165, 1.54) is 12.1 Å². The van der Waals surface area contributed by atoms with Gasteiger partial charge in [-0.15, -0.1) is 12.6 Å². The first-order chi connectivity index (χ1) is 5.54. The van der Waals surface area contributed by atoms with E-state index in [-0.39, 0.29) is 10.5 Å². The molecular formula is C7H4ClFO2S. The Morgan fingerprint density at radius 2 is 2.17 bits per heavy atom. The summed E-state index contributed by atoms with van der Waals surface area (Å²) < 4.78 is 12.9. The highest BCUT2D eigenvalue weighted by molar-refractivity contribution is 7.80. The molecule has 0 radical (unpaired) electrons. The lowest BCUT2D eigenvalue weighted by atomic mass is 10.2. The van der Waals surface area contributed by atoms with Crippen LogP contribution in [0, 0.1) is 5.82 Å². The maximum atomic E-state index is 12.9. The van der Waals surface area contributed by atoms with Crippen LogP contribution < -0.4 is 0 Å². The number of benzene rings is 1. The molecule has 0 unspecified atom stereocenters. The van der Waals surface area contributed by atoms with E-state index in [1.807, 2.05) is 0 Å². The predicted octanol–water partition coefficient (Wildman–Crippen LogP) is 2.47. The third-order valence-corrected chi connectivity index (χ3v) is 2.01. The summed E-state index contributed by atoms with van der Waals surface area (Å²) in [6.07, 6.45) is 0. The second-order valence-electron chi connectivity index (χ2n) is 2.07. The van der Waals surface area contributed by atoms with E-state index in [4.69, 9.17) is 16.7 Å². The second-order valence-corrected chi connectivity index (χ2v) is 2.93. The Morgan fingerprint density at radius 1 is 1.58 bits per heavy atom. The molecule has 1 N–H and O–H groups in total. The molecule has 1 aromatic carbocycles. The summed E-state index contributed by atoms with van der Waals surface area (Å²) in [5.41, 5.74) is -0.257. The zero-order valence-corrected chi connectivity index (χ0v) is 7.36. The molecule has 0 aliphatic carbocycles. The van der Waals surface area contributed by atoms with Crippen LogP contribution in [0.4, 0.5) is 4.39 Å². The van der Waals surface area contributed by atoms with Gasteiger partial charge in [0.05, 0.1) is 10.6 Å². The Labute approximate surface area is 78.4 Å². The zero-order chi connectivity index (χ0) is 9.30. The third-order valence-electron chi connectivity index (χ3n) is 1.29. The van der Waals surface area contributed by atoms with Crippen molar-refractivity contribution in [1.29, 1.82) is 0 Å². The number of carboxylic acid groups (broad SMARTS) is 1. The summed E-state index contributed by atoms with van der Waals surface area (Å²) >= 11 is 9.12. The van der Waals surface area contributed by atoms with Crippen LogP contribution in [0.25, 0.3) is 0 Å². The van der Waals surface area contributed by atoms with Crippen molar-refractivity contribution in [1.82, 2.24) is 0 Å². The smallest absolute Gasteiger partial charge is 0.337 e. The fourth-order valence-electron chi connectivity index (χ4n) is 0.704. The van der Waals surface area contributed by atoms with Crippen molar-refractivity contribution in [2.24, 2.45) is 0 Å². The third kappa shape index (κ3) is 1.54. The van der Waals surface area contributed by atoms with Gasteiger partial charge in [0.1, 0.15) is 0 Å². The lowest BCUT2D eigenvalue weighted by Gasteiger charge is -2.01. The minimum Gasteiger partial charge on any atom is -0.478 e. The van der Waals surface area contributed by atoms with E-state index in [0.717, 1.165) is 0 Å². The van der Waals surface area contributed by atoms with Crippen molar-refractivity contribution in [2.75, 3.05) is 0 Å². The first-order valence-corrected chi connectivity index (χ1v) is 3.77. The molecule has 0 aliphatic heterocycles. The molecular weight excluding hydrogens is 203 g/mol. The van der Waals surface area contributed by atoms with Crippen molar-refractivity contribution in [3.63, 3.8) is 0 Å². The summed E-state index contributed by atoms with van der Waals surface area (Å²) in [7, 11) is 0. The number of thiol groups is 1. The maximum absolute atomic E-state index is 12.9. The van der Waals surface area contributed by atoms with E-state index < -0.39 is 16.8 Å². The van der Waals surface area contributed by atoms with Crippen molar-refractivity contribution in [2.45, 2.75) is 4.90 Å². The number of rotatable bonds is 1. The number of carboxylic acids is 1. The van der Waals surface area contributed by atoms with E-state index in [2.05, 4.69) is 12.6 Å². The highest BCUT2D eigenvalue weighted by Gasteiger charge is 2.14. The summed E-state index contributed by atoms with van der Waals surface area (Å²) in [4.78, 5) is 10.4. The average Bonchev–Trinajstić information content (AvgIpc) is 2.00. The first-order valence-electron chi connectivity index (χ1n) is 2.94. The summed E-state index contributed by atoms with van der Waals surface area (Å²) in [6.45, 7) is 0. The second kappa shape index (κ2) is 3.33. The Morgan fingerprint density at radius 3 is 2.67 bits per heavy atom. The van der Waals surface area contributed by atoms with Crippen molar-refractivity contribution >= 4 is 30.2 Å². The Bertz CT molecular complexity index is 340. The largest absolute Gasteiger partial charge is 0.478 e. The molecule has 0 aliphatic rings. The fourth-order valence-corrected chi connectivity index (χ4v) is 1.20. The molecule has 0 aromatic heterocycles. The van der Waals surface area contributed by atoms with Crippen LogP contribution in [-0.2, 0) is 0 Å². The number of hydrogen-bond acceptors (Lipinski definition) is 2. The highest BCUT2D eigenvalue weighted by atomic mass is 35.5. The molecule has 2 nitrogen and oxygen atoms in total. The molecule has 64 valence electrons. The van der Waals surface area contributed by atoms with E-state index in [1.54, 1.807) is 0 Å². The number of hydrogen-bond donors (Lipinski definition) is 2. The van der Waals surface area contributed by atoms with Gasteiger partial charge in [0.15, 0.2) is 5.82 Å². The van der Waals surface area contributed by atoms with Gasteiger partial charge in [-0.3, -0.25) is 0 Å². The molecule has 1 aromatic rings. The van der Waals surface area contributed by atoms with Gasteiger partial charge in [0, 0.05) is 4.90 Å². The van der Waals surface area contributed by atoms with Crippen molar-refractivity contribution < 1.29 is 14.3 Å². The molecule has 0 spiro atoms. The predicted molar refractivity (Wildman–Crippen MR) is 45.6 cm³/mol. The van der Waals surface area contributed by atoms with Gasteiger partial charge >= 0.3 is 5.97 Å². The van der Waals surface area contributed by atoms with Crippen LogP contribution in [0.5, 0.6) is 0 Å². The van der Waals surface area contributed by atoms with Gasteiger partial charge in [0.2, 0.25) is 0 Å². The van der Waals surface area contributed by atoms with Gasteiger partial charge in [-0.05, 0) is 12.1 Å². The van der Waals surface area contributed by atoms with Gasteiger partial charge in [-0.2, -0.15) is 0 Å². The fraction of sp³-hybridized carbons (Fsp3) is 0. The topological polar surface area (TPSA) is 37.3 Å². The van der Waals surface area contributed by atoms with Crippen LogP contribution >= 0.6 is 24.2 Å². The normalized spacial score (nSPS) is 9.92. The van der Waals surface area contributed by atoms with Gasteiger partial charge in [-0.1, -0.05) is 11.6 Å². The maximum Gasteiger partial charge on any atom is 0.337 e. The van der Waals surface area contributed by atoms with Crippen molar-refractivity contribution in [3.05, 3.63) is 28.5 Å². The van der Waals surface area contributed by atoms with E-state index >= 15 is 0 Å². The molecule has 0 bridgehead atoms. The van der Waals surface area contributed by atoms with Crippen molar-refractivity contribution in [3.8, 4) is 0 Å². The van der Waals surface area contributed by atoms with E-state index in [9.17, 15) is 9.18 Å². The quantitative estimate of drug-likeness (QED) is 0.693. The van der Waals surface area contributed by atoms with Crippen LogP contribution in [0.1, 0.15) is 10.4 Å². The summed E-state index contributed by atoms with van der Waals surface area (Å²) in [5, 5.41) is 8.10. The molecule has 1 rings (SSSR count). The van der Waals surface area contributed by atoms with Crippen LogP contribution in [0.3, 0.4) is 0 Å². The minimum atomic E-state index is -1.26. The molecule has 5 heteroatoms. The average molecular weight is 207 g/mol. The lowest BCUT2D eigenvalue weighted by molar-refractivity contribution is 0.0696. The van der Waals surface area contributed by atoms with Crippen LogP contribution in [-0.4, -0.2) is 11.1 Å². The lowest BCUT2D eigenvalue weighted by Crippen LogP contribution is -1.99. The number of halogens is 2. The molecule has 0 amide bonds. The van der Waals surface area contributed by atoms with E-state index in [0.29, 0.717) is 0 Å². The standard InChI is InChI=1S/C7H4ClFO2S/c8-5-3(7(10)11)1-2-4(12)6(5)9/h1-2,12H,(H,10,11). The molecule has 0 saturated carbocycles. The zero-order valence-electron chi connectivity index (χ0n) is 5.71. The van der Waals surface area contributed by atoms with Gasteiger partial charge in [-0.25, -0.2) is 9.18 Å². The summed E-state index contributed by atoms with van der Waals surface area (Å²) in [5.74, 6) is -2.06. The highest BCUT2D eigenvalue weighted by Crippen LogP contribution is 2.24. The van der Waals surface area contributed by atoms with Crippen LogP contribution in [0.15, 0.2) is 17.0 Å². The van der Waals surface area contributed by atoms with Gasteiger partial charge in [0.25, 0.3) is 0 Å². The Balaban J connectivity index is 3.36. The molecule has 0 fully saturated rings. The minimum absolute atomic E-state index is 0.0324. The SMILES string of the molecule is O=C(O)c1ccc(S)c(F)c1Cl. The number of aromatic carboxylic acids is 1. The molecule has 0 saturated heterocycles. The summed E-state index contributed by atoms with van der Waals surface area (Å²) in [6, 6.07) is 2.45. The number of carbonyl (C=O) groups is 1. The molecule has 0 heterocycles. The van der Waals surface area contributed by atoms with Crippen LogP contribution in [0.2, 0.25) is 5.02 Å². The Kier molecular flexibility index (Phi) is 2.59.